The largest absolute Gasteiger partial charge is 0.318 e. The molecule has 0 unspecified atom stereocenters. The van der Waals surface area contributed by atoms with E-state index in [1.54, 1.807) is 0 Å². The molecule has 0 aliphatic carbocycles. The SMILES string of the molecule is Clc1nc(Br)c2n1CCC2. The zero-order chi connectivity index (χ0) is 7.14. The molecule has 0 radical (unpaired) electrons. The Morgan fingerprint density at radius 3 is 3.10 bits per heavy atom. The van der Waals surface area contributed by atoms with Crippen LogP contribution in [-0.4, -0.2) is 9.55 Å². The van der Waals surface area contributed by atoms with Crippen molar-refractivity contribution in [3.8, 4) is 0 Å². The third-order valence-electron chi connectivity index (χ3n) is 1.77. The van der Waals surface area contributed by atoms with Crippen molar-refractivity contribution in [3.63, 3.8) is 0 Å². The van der Waals surface area contributed by atoms with Gasteiger partial charge < -0.3 is 4.57 Å². The molecule has 0 fully saturated rings. The number of fused-ring (bicyclic) bond motifs is 1. The molecule has 1 aliphatic heterocycles. The summed E-state index contributed by atoms with van der Waals surface area (Å²) in [5.41, 5.74) is 1.24. The van der Waals surface area contributed by atoms with Gasteiger partial charge in [0.2, 0.25) is 5.28 Å². The van der Waals surface area contributed by atoms with Crippen molar-refractivity contribution in [2.75, 3.05) is 0 Å². The third-order valence-corrected chi connectivity index (χ3v) is 2.70. The Bertz CT molecular complexity index is 244. The highest BCUT2D eigenvalue weighted by molar-refractivity contribution is 9.10. The molecule has 2 rings (SSSR count). The first kappa shape index (κ1) is 6.68. The summed E-state index contributed by atoms with van der Waals surface area (Å²) in [5, 5.41) is 0.611. The average molecular weight is 221 g/mol. The minimum Gasteiger partial charge on any atom is -0.318 e. The van der Waals surface area contributed by atoms with Gasteiger partial charge in [-0.1, -0.05) is 0 Å². The Hall–Kier alpha value is -0.0200. The molecule has 0 saturated carbocycles. The first-order chi connectivity index (χ1) is 4.79. The number of rotatable bonds is 0. The molecular formula is C6H6BrClN2. The maximum absolute atomic E-state index is 5.81. The van der Waals surface area contributed by atoms with Crippen LogP contribution in [0.25, 0.3) is 0 Å². The Morgan fingerprint density at radius 2 is 2.40 bits per heavy atom. The smallest absolute Gasteiger partial charge is 0.204 e. The molecule has 1 aromatic rings. The van der Waals surface area contributed by atoms with Gasteiger partial charge in [0.1, 0.15) is 4.60 Å². The van der Waals surface area contributed by atoms with Gasteiger partial charge in [0.25, 0.3) is 0 Å². The predicted molar refractivity (Wildman–Crippen MR) is 43.3 cm³/mol. The van der Waals surface area contributed by atoms with Crippen molar-refractivity contribution >= 4 is 27.5 Å². The van der Waals surface area contributed by atoms with Crippen molar-refractivity contribution in [2.45, 2.75) is 19.4 Å². The van der Waals surface area contributed by atoms with Gasteiger partial charge in [0, 0.05) is 6.54 Å². The quantitative estimate of drug-likeness (QED) is 0.657. The number of aromatic nitrogens is 2. The fourth-order valence-corrected chi connectivity index (χ4v) is 2.25. The van der Waals surface area contributed by atoms with Crippen molar-refractivity contribution in [1.29, 1.82) is 0 Å². The second-order valence-electron chi connectivity index (χ2n) is 2.37. The zero-order valence-electron chi connectivity index (χ0n) is 5.27. The number of imidazole rings is 1. The molecule has 0 aromatic carbocycles. The molecular weight excluding hydrogens is 215 g/mol. The standard InChI is InChI=1S/C6H6BrClN2/c7-5-4-2-1-3-10(4)6(8)9-5/h1-3H2. The highest BCUT2D eigenvalue weighted by Crippen LogP contribution is 2.27. The van der Waals surface area contributed by atoms with E-state index in [9.17, 15) is 0 Å². The fraction of sp³-hybridized carbons (Fsp3) is 0.500. The van der Waals surface area contributed by atoms with Crippen LogP contribution < -0.4 is 0 Å². The number of nitrogens with zero attached hydrogens (tertiary/aromatic N) is 2. The van der Waals surface area contributed by atoms with E-state index in [0.29, 0.717) is 5.28 Å². The monoisotopic (exact) mass is 220 g/mol. The van der Waals surface area contributed by atoms with Gasteiger partial charge in [-0.2, -0.15) is 0 Å². The highest BCUT2D eigenvalue weighted by atomic mass is 79.9. The van der Waals surface area contributed by atoms with Crippen LogP contribution in [0.1, 0.15) is 12.1 Å². The molecule has 2 heterocycles. The lowest BCUT2D eigenvalue weighted by atomic mass is 10.3. The maximum atomic E-state index is 5.81. The van der Waals surface area contributed by atoms with E-state index in [-0.39, 0.29) is 0 Å². The number of hydrogen-bond donors (Lipinski definition) is 0. The summed E-state index contributed by atoms with van der Waals surface area (Å²) in [4.78, 5) is 4.08. The van der Waals surface area contributed by atoms with Gasteiger partial charge in [-0.3, -0.25) is 0 Å². The molecule has 0 bridgehead atoms. The minimum atomic E-state index is 0.611. The molecule has 0 N–H and O–H groups in total. The Kier molecular flexibility index (Phi) is 1.49. The second kappa shape index (κ2) is 2.24. The lowest BCUT2D eigenvalue weighted by molar-refractivity contribution is 0.742. The summed E-state index contributed by atoms with van der Waals surface area (Å²) in [6.07, 6.45) is 2.29. The minimum absolute atomic E-state index is 0.611. The van der Waals surface area contributed by atoms with Crippen LogP contribution in [0.3, 0.4) is 0 Å². The maximum Gasteiger partial charge on any atom is 0.204 e. The van der Waals surface area contributed by atoms with Gasteiger partial charge in [0.15, 0.2) is 0 Å². The van der Waals surface area contributed by atoms with Crippen molar-refractivity contribution in [2.24, 2.45) is 0 Å². The molecule has 1 aliphatic rings. The molecule has 10 heavy (non-hydrogen) atoms. The molecule has 0 amide bonds. The molecule has 54 valence electrons. The lowest BCUT2D eigenvalue weighted by Gasteiger charge is -1.93. The van der Waals surface area contributed by atoms with Crippen LogP contribution in [0, 0.1) is 0 Å². The molecule has 2 nitrogen and oxygen atoms in total. The van der Waals surface area contributed by atoms with Crippen molar-refractivity contribution in [3.05, 3.63) is 15.6 Å². The van der Waals surface area contributed by atoms with E-state index in [4.69, 9.17) is 11.6 Å². The summed E-state index contributed by atoms with van der Waals surface area (Å²) >= 11 is 9.16. The van der Waals surface area contributed by atoms with E-state index in [0.717, 1.165) is 17.6 Å². The zero-order valence-corrected chi connectivity index (χ0v) is 7.61. The molecule has 1 aromatic heterocycles. The van der Waals surface area contributed by atoms with Gasteiger partial charge in [-0.15, -0.1) is 0 Å². The molecule has 0 atom stereocenters. The average Bonchev–Trinajstić information content (AvgIpc) is 2.39. The number of hydrogen-bond acceptors (Lipinski definition) is 1. The van der Waals surface area contributed by atoms with E-state index in [1.807, 2.05) is 4.57 Å². The lowest BCUT2D eigenvalue weighted by Crippen LogP contribution is -1.90. The normalized spacial score (nSPS) is 15.8. The van der Waals surface area contributed by atoms with Gasteiger partial charge in [-0.25, -0.2) is 4.98 Å². The summed E-state index contributed by atoms with van der Waals surface area (Å²) in [6.45, 7) is 1.02. The predicted octanol–water partition coefficient (Wildman–Crippen LogP) is 2.25. The van der Waals surface area contributed by atoms with Crippen LogP contribution in [0.4, 0.5) is 0 Å². The number of halogens is 2. The highest BCUT2D eigenvalue weighted by Gasteiger charge is 2.18. The van der Waals surface area contributed by atoms with Crippen molar-refractivity contribution < 1.29 is 0 Å². The topological polar surface area (TPSA) is 17.8 Å². The van der Waals surface area contributed by atoms with Crippen LogP contribution in [0.2, 0.25) is 5.28 Å². The van der Waals surface area contributed by atoms with E-state index >= 15 is 0 Å². The van der Waals surface area contributed by atoms with Crippen molar-refractivity contribution in [1.82, 2.24) is 9.55 Å². The van der Waals surface area contributed by atoms with Gasteiger partial charge in [0.05, 0.1) is 5.69 Å². The molecule has 4 heteroatoms. The summed E-state index contributed by atoms with van der Waals surface area (Å²) in [5.74, 6) is 0. The molecule has 0 saturated heterocycles. The van der Waals surface area contributed by atoms with Gasteiger partial charge in [-0.05, 0) is 40.4 Å². The Balaban J connectivity index is 2.61. The summed E-state index contributed by atoms with van der Waals surface area (Å²) in [6, 6.07) is 0. The fourth-order valence-electron chi connectivity index (χ4n) is 1.30. The van der Waals surface area contributed by atoms with E-state index in [1.165, 1.54) is 12.1 Å². The van der Waals surface area contributed by atoms with Gasteiger partial charge >= 0.3 is 0 Å². The van der Waals surface area contributed by atoms with E-state index in [2.05, 4.69) is 20.9 Å². The second-order valence-corrected chi connectivity index (χ2v) is 3.46. The Labute approximate surface area is 72.3 Å². The molecule has 0 spiro atoms. The summed E-state index contributed by atoms with van der Waals surface area (Å²) < 4.78 is 2.96. The first-order valence-electron chi connectivity index (χ1n) is 3.19. The van der Waals surface area contributed by atoms with Crippen LogP contribution in [-0.2, 0) is 13.0 Å². The third kappa shape index (κ3) is 0.805. The van der Waals surface area contributed by atoms with Crippen LogP contribution in [0.5, 0.6) is 0 Å². The first-order valence-corrected chi connectivity index (χ1v) is 4.36. The van der Waals surface area contributed by atoms with Crippen LogP contribution in [0.15, 0.2) is 4.60 Å². The van der Waals surface area contributed by atoms with Crippen LogP contribution >= 0.6 is 27.5 Å². The summed E-state index contributed by atoms with van der Waals surface area (Å²) in [7, 11) is 0. The van der Waals surface area contributed by atoms with E-state index < -0.39 is 0 Å². The Morgan fingerprint density at radius 1 is 1.60 bits per heavy atom.